The van der Waals surface area contributed by atoms with Crippen molar-refractivity contribution >= 4 is 5.78 Å². The first-order valence-corrected chi connectivity index (χ1v) is 6.08. The van der Waals surface area contributed by atoms with Gasteiger partial charge >= 0.3 is 0 Å². The first-order valence-electron chi connectivity index (χ1n) is 6.08. The van der Waals surface area contributed by atoms with E-state index in [4.69, 9.17) is 4.74 Å². The van der Waals surface area contributed by atoms with Gasteiger partial charge in [0.15, 0.2) is 5.78 Å². The predicted molar refractivity (Wildman–Crippen MR) is 63.7 cm³/mol. The molecule has 1 unspecified atom stereocenters. The summed E-state index contributed by atoms with van der Waals surface area (Å²) in [5, 5.41) is 0. The van der Waals surface area contributed by atoms with Crippen molar-refractivity contribution in [1.29, 1.82) is 0 Å². The zero-order valence-electron chi connectivity index (χ0n) is 10.0. The lowest BCUT2D eigenvalue weighted by atomic mass is 9.99. The van der Waals surface area contributed by atoms with Crippen LogP contribution in [-0.2, 0) is 4.74 Å². The molecule has 1 aromatic rings. The lowest BCUT2D eigenvalue weighted by Crippen LogP contribution is -2.10. The fraction of sp³-hybridized carbons (Fsp3) is 0.500. The summed E-state index contributed by atoms with van der Waals surface area (Å²) in [5.41, 5.74) is 1.34. The number of rotatable bonds is 4. The molecule has 2 nitrogen and oxygen atoms in total. The second kappa shape index (κ2) is 5.41. The van der Waals surface area contributed by atoms with E-state index in [1.165, 1.54) is 12.1 Å². The minimum Gasteiger partial charge on any atom is -0.378 e. The molecule has 0 bridgehead atoms. The summed E-state index contributed by atoms with van der Waals surface area (Å²) in [5.74, 6) is -0.339. The standard InChI is InChI=1S/C14H17FO2/c1-10-4-5-11(15)9-13(10)14(16)7-6-12-3-2-8-17-12/h4-5,9,12H,2-3,6-8H2,1H3. The molecule has 1 aromatic carbocycles. The summed E-state index contributed by atoms with van der Waals surface area (Å²) < 4.78 is 18.5. The lowest BCUT2D eigenvalue weighted by molar-refractivity contribution is 0.0858. The third kappa shape index (κ3) is 3.13. The Balaban J connectivity index is 1.96. The second-order valence-electron chi connectivity index (χ2n) is 4.56. The molecule has 1 aliphatic rings. The second-order valence-corrected chi connectivity index (χ2v) is 4.56. The minimum atomic E-state index is -0.351. The van der Waals surface area contributed by atoms with Gasteiger partial charge in [-0.1, -0.05) is 6.07 Å². The summed E-state index contributed by atoms with van der Waals surface area (Å²) in [4.78, 5) is 12.0. The van der Waals surface area contributed by atoms with E-state index in [-0.39, 0.29) is 17.7 Å². The molecule has 0 saturated carbocycles. The Kier molecular flexibility index (Phi) is 3.89. The SMILES string of the molecule is Cc1ccc(F)cc1C(=O)CCC1CCCO1. The Labute approximate surface area is 101 Å². The lowest BCUT2D eigenvalue weighted by Gasteiger charge is -2.09. The summed E-state index contributed by atoms with van der Waals surface area (Å²) in [6.07, 6.45) is 3.52. The van der Waals surface area contributed by atoms with Crippen LogP contribution in [0.3, 0.4) is 0 Å². The Bertz CT molecular complexity index is 409. The smallest absolute Gasteiger partial charge is 0.163 e. The van der Waals surface area contributed by atoms with E-state index in [0.717, 1.165) is 31.4 Å². The van der Waals surface area contributed by atoms with Crippen molar-refractivity contribution in [2.45, 2.75) is 38.7 Å². The first-order chi connectivity index (χ1) is 8.16. The zero-order valence-corrected chi connectivity index (χ0v) is 10.0. The highest BCUT2D eigenvalue weighted by Crippen LogP contribution is 2.19. The van der Waals surface area contributed by atoms with Crippen LogP contribution in [-0.4, -0.2) is 18.5 Å². The van der Waals surface area contributed by atoms with Crippen LogP contribution < -0.4 is 0 Å². The van der Waals surface area contributed by atoms with Gasteiger partial charge in [-0.3, -0.25) is 4.79 Å². The molecule has 0 N–H and O–H groups in total. The summed E-state index contributed by atoms with van der Waals surface area (Å²) in [7, 11) is 0. The van der Waals surface area contributed by atoms with Gasteiger partial charge in [0.25, 0.3) is 0 Å². The van der Waals surface area contributed by atoms with Crippen LogP contribution >= 0.6 is 0 Å². The number of carbonyl (C=O) groups excluding carboxylic acids is 1. The van der Waals surface area contributed by atoms with Gasteiger partial charge in [-0.2, -0.15) is 0 Å². The highest BCUT2D eigenvalue weighted by Gasteiger charge is 2.18. The molecular formula is C14H17FO2. The normalized spacial score (nSPS) is 19.5. The fourth-order valence-corrected chi connectivity index (χ4v) is 2.19. The maximum absolute atomic E-state index is 13.1. The maximum atomic E-state index is 13.1. The van der Waals surface area contributed by atoms with Gasteiger partial charge in [-0.05, 0) is 43.9 Å². The number of ketones is 1. The van der Waals surface area contributed by atoms with Gasteiger partial charge in [-0.25, -0.2) is 4.39 Å². The van der Waals surface area contributed by atoms with Crippen molar-refractivity contribution in [3.05, 3.63) is 35.1 Å². The van der Waals surface area contributed by atoms with Gasteiger partial charge in [0.05, 0.1) is 6.10 Å². The van der Waals surface area contributed by atoms with Crippen LogP contribution in [0.15, 0.2) is 18.2 Å². The zero-order chi connectivity index (χ0) is 12.3. The molecule has 1 aliphatic heterocycles. The third-order valence-electron chi connectivity index (χ3n) is 3.22. The van der Waals surface area contributed by atoms with E-state index in [0.29, 0.717) is 12.0 Å². The van der Waals surface area contributed by atoms with Crippen molar-refractivity contribution in [2.24, 2.45) is 0 Å². The van der Waals surface area contributed by atoms with Gasteiger partial charge in [0, 0.05) is 18.6 Å². The quantitative estimate of drug-likeness (QED) is 0.750. The van der Waals surface area contributed by atoms with E-state index in [1.54, 1.807) is 6.07 Å². The van der Waals surface area contributed by atoms with Gasteiger partial charge in [-0.15, -0.1) is 0 Å². The molecule has 17 heavy (non-hydrogen) atoms. The highest BCUT2D eigenvalue weighted by molar-refractivity contribution is 5.97. The molecule has 1 saturated heterocycles. The van der Waals surface area contributed by atoms with Crippen LogP contribution in [0.1, 0.15) is 41.6 Å². The molecule has 0 aromatic heterocycles. The van der Waals surface area contributed by atoms with Crippen molar-refractivity contribution in [1.82, 2.24) is 0 Å². The van der Waals surface area contributed by atoms with Crippen LogP contribution in [0.4, 0.5) is 4.39 Å². The Hall–Kier alpha value is -1.22. The number of benzene rings is 1. The first kappa shape index (κ1) is 12.2. The molecule has 1 fully saturated rings. The number of carbonyl (C=O) groups is 1. The van der Waals surface area contributed by atoms with Crippen molar-refractivity contribution < 1.29 is 13.9 Å². The largest absolute Gasteiger partial charge is 0.378 e. The van der Waals surface area contributed by atoms with E-state index < -0.39 is 0 Å². The van der Waals surface area contributed by atoms with E-state index in [2.05, 4.69) is 0 Å². The number of ether oxygens (including phenoxy) is 1. The third-order valence-corrected chi connectivity index (χ3v) is 3.22. The van der Waals surface area contributed by atoms with Crippen molar-refractivity contribution in [2.75, 3.05) is 6.61 Å². The van der Waals surface area contributed by atoms with Crippen LogP contribution in [0.5, 0.6) is 0 Å². The number of aryl methyl sites for hydroxylation is 1. The average molecular weight is 236 g/mol. The maximum Gasteiger partial charge on any atom is 0.163 e. The van der Waals surface area contributed by atoms with Crippen LogP contribution in [0, 0.1) is 12.7 Å². The van der Waals surface area contributed by atoms with Gasteiger partial charge < -0.3 is 4.74 Å². The van der Waals surface area contributed by atoms with Crippen molar-refractivity contribution in [3.63, 3.8) is 0 Å². The fourth-order valence-electron chi connectivity index (χ4n) is 2.19. The van der Waals surface area contributed by atoms with E-state index in [1.807, 2.05) is 6.92 Å². The van der Waals surface area contributed by atoms with Crippen molar-refractivity contribution in [3.8, 4) is 0 Å². The monoisotopic (exact) mass is 236 g/mol. The predicted octanol–water partition coefficient (Wildman–Crippen LogP) is 3.28. The number of hydrogen-bond acceptors (Lipinski definition) is 2. The van der Waals surface area contributed by atoms with Crippen LogP contribution in [0.2, 0.25) is 0 Å². The molecule has 0 radical (unpaired) electrons. The molecule has 1 atom stereocenters. The molecule has 0 spiro atoms. The van der Waals surface area contributed by atoms with E-state index >= 15 is 0 Å². The van der Waals surface area contributed by atoms with Crippen LogP contribution in [0.25, 0.3) is 0 Å². The molecule has 0 amide bonds. The summed E-state index contributed by atoms with van der Waals surface area (Å²) in [6.45, 7) is 2.64. The average Bonchev–Trinajstić information content (AvgIpc) is 2.82. The Morgan fingerprint density at radius 2 is 2.35 bits per heavy atom. The highest BCUT2D eigenvalue weighted by atomic mass is 19.1. The Morgan fingerprint density at radius 1 is 1.53 bits per heavy atom. The molecule has 92 valence electrons. The number of halogens is 1. The number of hydrogen-bond donors (Lipinski definition) is 0. The molecule has 2 rings (SSSR count). The summed E-state index contributed by atoms with van der Waals surface area (Å²) in [6, 6.07) is 4.36. The molecule has 3 heteroatoms. The topological polar surface area (TPSA) is 26.3 Å². The summed E-state index contributed by atoms with van der Waals surface area (Å²) >= 11 is 0. The van der Waals surface area contributed by atoms with E-state index in [9.17, 15) is 9.18 Å². The molecular weight excluding hydrogens is 219 g/mol. The Morgan fingerprint density at radius 3 is 3.06 bits per heavy atom. The van der Waals surface area contributed by atoms with Gasteiger partial charge in [0.2, 0.25) is 0 Å². The molecule has 0 aliphatic carbocycles. The molecule has 1 heterocycles. The van der Waals surface area contributed by atoms with Gasteiger partial charge in [0.1, 0.15) is 5.82 Å². The minimum absolute atomic E-state index is 0.0116. The number of Topliss-reactive ketones (excluding diaryl/α,β-unsaturated/α-hetero) is 1.